The van der Waals surface area contributed by atoms with Crippen molar-refractivity contribution in [1.29, 1.82) is 0 Å². The Morgan fingerprint density at radius 3 is 2.17 bits per heavy atom. The van der Waals surface area contributed by atoms with E-state index >= 15 is 0 Å². The zero-order valence-electron chi connectivity index (χ0n) is 9.97. The monoisotopic (exact) mass is 241 g/mol. The molecule has 0 saturated carbocycles. The second kappa shape index (κ2) is 5.98. The van der Waals surface area contributed by atoms with Gasteiger partial charge in [-0.05, 0) is 23.3 Å². The zero-order chi connectivity index (χ0) is 12.8. The summed E-state index contributed by atoms with van der Waals surface area (Å²) in [6, 6.07) is 17.7. The zero-order valence-corrected chi connectivity index (χ0v) is 9.97. The maximum atomic E-state index is 11.3. The van der Waals surface area contributed by atoms with Crippen LogP contribution in [0.1, 0.15) is 6.42 Å². The first-order chi connectivity index (χ1) is 8.79. The highest BCUT2D eigenvalue weighted by Gasteiger charge is 2.01. The summed E-state index contributed by atoms with van der Waals surface area (Å²) >= 11 is 0. The third kappa shape index (κ3) is 3.18. The number of carbonyl (C=O) groups is 1. The lowest BCUT2D eigenvalue weighted by Crippen LogP contribution is -2.12. The van der Waals surface area contributed by atoms with Crippen molar-refractivity contribution in [2.45, 2.75) is 6.42 Å². The number of anilines is 1. The smallest absolute Gasteiger partial charge is 0.226 e. The lowest BCUT2D eigenvalue weighted by Gasteiger charge is -2.06. The van der Waals surface area contributed by atoms with Crippen LogP contribution in [-0.4, -0.2) is 17.6 Å². The van der Waals surface area contributed by atoms with E-state index in [-0.39, 0.29) is 18.9 Å². The highest BCUT2D eigenvalue weighted by Crippen LogP contribution is 2.20. The predicted octanol–water partition coefficient (Wildman–Crippen LogP) is 2.67. The van der Waals surface area contributed by atoms with Gasteiger partial charge in [-0.1, -0.05) is 42.5 Å². The van der Waals surface area contributed by atoms with Crippen molar-refractivity contribution in [2.75, 3.05) is 11.9 Å². The van der Waals surface area contributed by atoms with E-state index < -0.39 is 0 Å². The number of rotatable bonds is 4. The molecule has 3 nitrogen and oxygen atoms in total. The molecule has 2 aromatic rings. The Morgan fingerprint density at radius 1 is 0.944 bits per heavy atom. The average Bonchev–Trinajstić information content (AvgIpc) is 2.41. The molecule has 2 N–H and O–H groups in total. The summed E-state index contributed by atoms with van der Waals surface area (Å²) in [4.78, 5) is 11.3. The number of benzene rings is 2. The van der Waals surface area contributed by atoms with Crippen molar-refractivity contribution in [3.63, 3.8) is 0 Å². The Hall–Kier alpha value is -2.13. The molecule has 0 unspecified atom stereocenters. The molecule has 0 bridgehead atoms. The molecule has 92 valence electrons. The van der Waals surface area contributed by atoms with Gasteiger partial charge in [0, 0.05) is 5.69 Å². The van der Waals surface area contributed by atoms with E-state index in [9.17, 15) is 4.79 Å². The number of aliphatic hydroxyl groups is 1. The largest absolute Gasteiger partial charge is 0.396 e. The van der Waals surface area contributed by atoms with Crippen LogP contribution in [0.3, 0.4) is 0 Å². The highest BCUT2D eigenvalue weighted by molar-refractivity contribution is 5.91. The van der Waals surface area contributed by atoms with Crippen LogP contribution in [0.15, 0.2) is 54.6 Å². The molecule has 0 saturated heterocycles. The Morgan fingerprint density at radius 2 is 1.56 bits per heavy atom. The van der Waals surface area contributed by atoms with E-state index in [0.29, 0.717) is 0 Å². The highest BCUT2D eigenvalue weighted by atomic mass is 16.3. The second-order valence-corrected chi connectivity index (χ2v) is 3.97. The van der Waals surface area contributed by atoms with Crippen LogP contribution in [0, 0.1) is 0 Å². The maximum absolute atomic E-state index is 11.3. The molecule has 18 heavy (non-hydrogen) atoms. The van der Waals surface area contributed by atoms with Crippen LogP contribution in [0.2, 0.25) is 0 Å². The number of nitrogens with one attached hydrogen (secondary N) is 1. The molecule has 0 radical (unpaired) electrons. The summed E-state index contributed by atoms with van der Waals surface area (Å²) in [5.74, 6) is -0.176. The van der Waals surface area contributed by atoms with Gasteiger partial charge in [0.2, 0.25) is 5.91 Å². The molecule has 0 fully saturated rings. The molecule has 0 aliphatic rings. The molecule has 2 rings (SSSR count). The molecule has 3 heteroatoms. The topological polar surface area (TPSA) is 49.3 Å². The summed E-state index contributed by atoms with van der Waals surface area (Å²) in [6.07, 6.45) is 0.125. The van der Waals surface area contributed by atoms with Crippen molar-refractivity contribution >= 4 is 11.6 Å². The van der Waals surface area contributed by atoms with Crippen LogP contribution < -0.4 is 5.32 Å². The molecule has 0 spiro atoms. The molecule has 0 heterocycles. The minimum atomic E-state index is -0.176. The van der Waals surface area contributed by atoms with Gasteiger partial charge < -0.3 is 10.4 Å². The van der Waals surface area contributed by atoms with E-state index in [1.165, 1.54) is 0 Å². The fraction of sp³-hybridized carbons (Fsp3) is 0.133. The van der Waals surface area contributed by atoms with Gasteiger partial charge in [-0.25, -0.2) is 0 Å². The predicted molar refractivity (Wildman–Crippen MR) is 72.2 cm³/mol. The Kier molecular flexibility index (Phi) is 4.10. The number of carbonyl (C=O) groups excluding carboxylic acids is 1. The third-order valence-corrected chi connectivity index (χ3v) is 2.61. The van der Waals surface area contributed by atoms with Crippen LogP contribution in [-0.2, 0) is 4.79 Å². The minimum absolute atomic E-state index is 0.125. The van der Waals surface area contributed by atoms with Gasteiger partial charge in [-0.2, -0.15) is 0 Å². The summed E-state index contributed by atoms with van der Waals surface area (Å²) in [7, 11) is 0. The summed E-state index contributed by atoms with van der Waals surface area (Å²) in [5, 5.41) is 11.4. The quantitative estimate of drug-likeness (QED) is 0.864. The fourth-order valence-corrected chi connectivity index (χ4v) is 1.70. The van der Waals surface area contributed by atoms with E-state index in [0.717, 1.165) is 16.8 Å². The molecule has 0 aromatic heterocycles. The first-order valence-corrected chi connectivity index (χ1v) is 5.86. The van der Waals surface area contributed by atoms with E-state index in [1.807, 2.05) is 54.6 Å². The SMILES string of the molecule is O=C(CCO)Nc1ccc(-c2ccccc2)cc1. The molecule has 0 atom stereocenters. The normalized spacial score (nSPS) is 10.1. The maximum Gasteiger partial charge on any atom is 0.226 e. The van der Waals surface area contributed by atoms with Gasteiger partial charge in [0.05, 0.1) is 13.0 Å². The van der Waals surface area contributed by atoms with Gasteiger partial charge in [0.25, 0.3) is 0 Å². The first kappa shape index (κ1) is 12.3. The van der Waals surface area contributed by atoms with E-state index in [4.69, 9.17) is 5.11 Å². The lowest BCUT2D eigenvalue weighted by atomic mass is 10.1. The molecule has 1 amide bonds. The van der Waals surface area contributed by atoms with Gasteiger partial charge in [-0.15, -0.1) is 0 Å². The van der Waals surface area contributed by atoms with Gasteiger partial charge in [-0.3, -0.25) is 4.79 Å². The van der Waals surface area contributed by atoms with Crippen molar-refractivity contribution in [3.05, 3.63) is 54.6 Å². The molecule has 0 aliphatic carbocycles. The minimum Gasteiger partial charge on any atom is -0.396 e. The van der Waals surface area contributed by atoms with Crippen LogP contribution in [0.25, 0.3) is 11.1 Å². The molecular weight excluding hydrogens is 226 g/mol. The standard InChI is InChI=1S/C15H15NO2/c17-11-10-15(18)16-14-8-6-13(7-9-14)12-4-2-1-3-5-12/h1-9,17H,10-11H2,(H,16,18). The van der Waals surface area contributed by atoms with Crippen molar-refractivity contribution < 1.29 is 9.90 Å². The number of amides is 1. The Balaban J connectivity index is 2.09. The third-order valence-electron chi connectivity index (χ3n) is 2.61. The fourth-order valence-electron chi connectivity index (χ4n) is 1.70. The van der Waals surface area contributed by atoms with Crippen LogP contribution in [0.4, 0.5) is 5.69 Å². The summed E-state index contributed by atoms with van der Waals surface area (Å²) < 4.78 is 0. The average molecular weight is 241 g/mol. The van der Waals surface area contributed by atoms with Crippen LogP contribution in [0.5, 0.6) is 0 Å². The molecule has 0 aliphatic heterocycles. The molecular formula is C15H15NO2. The summed E-state index contributed by atoms with van der Waals surface area (Å²) in [6.45, 7) is -0.131. The van der Waals surface area contributed by atoms with Gasteiger partial charge in [0.1, 0.15) is 0 Å². The Bertz CT molecular complexity index is 506. The van der Waals surface area contributed by atoms with Gasteiger partial charge >= 0.3 is 0 Å². The number of hydrogen-bond donors (Lipinski definition) is 2. The van der Waals surface area contributed by atoms with Crippen molar-refractivity contribution in [3.8, 4) is 11.1 Å². The first-order valence-electron chi connectivity index (χ1n) is 5.86. The van der Waals surface area contributed by atoms with Crippen molar-refractivity contribution in [2.24, 2.45) is 0 Å². The van der Waals surface area contributed by atoms with E-state index in [2.05, 4.69) is 5.32 Å². The van der Waals surface area contributed by atoms with Gasteiger partial charge in [0.15, 0.2) is 0 Å². The lowest BCUT2D eigenvalue weighted by molar-refractivity contribution is -0.116. The molecule has 2 aromatic carbocycles. The second-order valence-electron chi connectivity index (χ2n) is 3.97. The Labute approximate surface area is 106 Å². The number of aliphatic hydroxyl groups excluding tert-OH is 1. The number of hydrogen-bond acceptors (Lipinski definition) is 2. The van der Waals surface area contributed by atoms with E-state index in [1.54, 1.807) is 0 Å². The summed E-state index contributed by atoms with van der Waals surface area (Å²) in [5.41, 5.74) is 3.00. The van der Waals surface area contributed by atoms with Crippen LogP contribution >= 0.6 is 0 Å². The van der Waals surface area contributed by atoms with Crippen molar-refractivity contribution in [1.82, 2.24) is 0 Å².